The van der Waals surface area contributed by atoms with E-state index in [9.17, 15) is 0 Å². The van der Waals surface area contributed by atoms with Crippen LogP contribution in [0.1, 0.15) is 10.4 Å². The first-order valence-electron chi connectivity index (χ1n) is 6.25. The van der Waals surface area contributed by atoms with Crippen molar-refractivity contribution in [3.63, 3.8) is 0 Å². The van der Waals surface area contributed by atoms with Gasteiger partial charge in [0.2, 0.25) is 0 Å². The van der Waals surface area contributed by atoms with E-state index < -0.39 is 0 Å². The molecule has 1 N–H and O–H groups in total. The van der Waals surface area contributed by atoms with Crippen LogP contribution in [-0.2, 0) is 13.0 Å². The molecule has 0 unspecified atom stereocenters. The molecule has 0 fully saturated rings. The Morgan fingerprint density at radius 3 is 2.50 bits per heavy atom. The van der Waals surface area contributed by atoms with Crippen molar-refractivity contribution in [3.8, 4) is 0 Å². The topological polar surface area (TPSA) is 15.3 Å². The van der Waals surface area contributed by atoms with Gasteiger partial charge in [0.15, 0.2) is 0 Å². The third kappa shape index (κ3) is 3.86. The number of benzene rings is 1. The highest BCUT2D eigenvalue weighted by Crippen LogP contribution is 2.12. The minimum absolute atomic E-state index is 0.944. The lowest BCUT2D eigenvalue weighted by Gasteiger charge is -2.12. The van der Waals surface area contributed by atoms with Gasteiger partial charge in [0, 0.05) is 37.7 Å². The lowest BCUT2D eigenvalue weighted by Crippen LogP contribution is -2.16. The molecule has 0 saturated heterocycles. The monoisotopic (exact) mass is 260 g/mol. The van der Waals surface area contributed by atoms with Crippen LogP contribution in [0.25, 0.3) is 0 Å². The van der Waals surface area contributed by atoms with E-state index in [-0.39, 0.29) is 0 Å². The van der Waals surface area contributed by atoms with Gasteiger partial charge in [0.05, 0.1) is 0 Å². The number of nitrogens with zero attached hydrogens (tertiary/aromatic N) is 1. The second-order valence-electron chi connectivity index (χ2n) is 4.57. The molecule has 2 aromatic rings. The van der Waals surface area contributed by atoms with E-state index in [0.717, 1.165) is 19.5 Å². The first-order valence-corrected chi connectivity index (χ1v) is 7.13. The molecule has 0 aliphatic heterocycles. The molecule has 0 aliphatic rings. The van der Waals surface area contributed by atoms with Gasteiger partial charge in [0.25, 0.3) is 0 Å². The third-order valence-corrected chi connectivity index (χ3v) is 3.85. The maximum absolute atomic E-state index is 3.48. The van der Waals surface area contributed by atoms with Crippen molar-refractivity contribution >= 4 is 17.0 Å². The normalized spacial score (nSPS) is 10.6. The Labute approximate surface area is 113 Å². The minimum atomic E-state index is 0.944. The van der Waals surface area contributed by atoms with Crippen LogP contribution in [0.4, 0.5) is 5.69 Å². The number of rotatable bonds is 6. The zero-order valence-corrected chi connectivity index (χ0v) is 11.8. The summed E-state index contributed by atoms with van der Waals surface area (Å²) >= 11 is 1.83. The van der Waals surface area contributed by atoms with Crippen LogP contribution in [0.2, 0.25) is 0 Å². The van der Waals surface area contributed by atoms with Crippen LogP contribution in [-0.4, -0.2) is 20.6 Å². The maximum atomic E-state index is 3.48. The molecule has 18 heavy (non-hydrogen) atoms. The van der Waals surface area contributed by atoms with Gasteiger partial charge in [-0.25, -0.2) is 0 Å². The van der Waals surface area contributed by atoms with Crippen molar-refractivity contribution in [2.45, 2.75) is 13.0 Å². The quantitative estimate of drug-likeness (QED) is 0.803. The van der Waals surface area contributed by atoms with Crippen molar-refractivity contribution in [1.29, 1.82) is 0 Å². The second kappa shape index (κ2) is 6.57. The van der Waals surface area contributed by atoms with Gasteiger partial charge in [0.1, 0.15) is 0 Å². The minimum Gasteiger partial charge on any atom is -0.378 e. The molecule has 0 bridgehead atoms. The molecular formula is C15H20N2S. The third-order valence-electron chi connectivity index (χ3n) is 2.91. The summed E-state index contributed by atoms with van der Waals surface area (Å²) in [4.78, 5) is 3.57. The Morgan fingerprint density at radius 2 is 1.89 bits per heavy atom. The molecule has 0 aliphatic carbocycles. The molecular weight excluding hydrogens is 240 g/mol. The molecule has 1 aromatic heterocycles. The van der Waals surface area contributed by atoms with E-state index in [1.54, 1.807) is 0 Å². The van der Waals surface area contributed by atoms with Crippen molar-refractivity contribution in [2.24, 2.45) is 0 Å². The predicted octanol–water partition coefficient (Wildman–Crippen LogP) is 3.15. The number of hydrogen-bond donors (Lipinski definition) is 1. The lowest BCUT2D eigenvalue weighted by molar-refractivity contribution is 0.690. The molecule has 1 heterocycles. The molecule has 0 radical (unpaired) electrons. The molecule has 0 amide bonds. The molecule has 0 atom stereocenters. The van der Waals surface area contributed by atoms with Gasteiger partial charge in [-0.3, -0.25) is 0 Å². The van der Waals surface area contributed by atoms with Gasteiger partial charge in [-0.2, -0.15) is 0 Å². The van der Waals surface area contributed by atoms with E-state index >= 15 is 0 Å². The van der Waals surface area contributed by atoms with Crippen molar-refractivity contribution in [3.05, 3.63) is 52.2 Å². The predicted molar refractivity (Wildman–Crippen MR) is 80.5 cm³/mol. The molecule has 2 nitrogen and oxygen atoms in total. The van der Waals surface area contributed by atoms with Crippen molar-refractivity contribution < 1.29 is 0 Å². The van der Waals surface area contributed by atoms with Crippen LogP contribution < -0.4 is 10.2 Å². The van der Waals surface area contributed by atoms with Gasteiger partial charge in [-0.1, -0.05) is 18.2 Å². The highest BCUT2D eigenvalue weighted by molar-refractivity contribution is 7.09. The van der Waals surface area contributed by atoms with Crippen LogP contribution in [0.15, 0.2) is 41.8 Å². The van der Waals surface area contributed by atoms with E-state index in [1.807, 2.05) is 11.3 Å². The first-order chi connectivity index (χ1) is 8.75. The van der Waals surface area contributed by atoms with E-state index in [4.69, 9.17) is 0 Å². The standard InChI is InChI=1S/C15H20N2S/c1-17(2)14-7-5-13(6-8-14)12-16-10-9-15-4-3-11-18-15/h3-8,11,16H,9-10,12H2,1-2H3. The van der Waals surface area contributed by atoms with Crippen LogP contribution >= 0.6 is 11.3 Å². The summed E-state index contributed by atoms with van der Waals surface area (Å²) in [6.45, 7) is 1.98. The fraction of sp³-hybridized carbons (Fsp3) is 0.333. The Hall–Kier alpha value is -1.32. The van der Waals surface area contributed by atoms with E-state index in [2.05, 4.69) is 66.1 Å². The highest BCUT2D eigenvalue weighted by Gasteiger charge is 1.97. The summed E-state index contributed by atoms with van der Waals surface area (Å²) in [6.07, 6.45) is 1.12. The Balaban J connectivity index is 1.73. The molecule has 96 valence electrons. The van der Waals surface area contributed by atoms with Gasteiger partial charge in [-0.15, -0.1) is 11.3 Å². The fourth-order valence-corrected chi connectivity index (χ4v) is 2.52. The van der Waals surface area contributed by atoms with E-state index in [1.165, 1.54) is 16.1 Å². The van der Waals surface area contributed by atoms with Crippen LogP contribution in [0.5, 0.6) is 0 Å². The molecule has 3 heteroatoms. The zero-order chi connectivity index (χ0) is 12.8. The SMILES string of the molecule is CN(C)c1ccc(CNCCc2cccs2)cc1. The summed E-state index contributed by atoms with van der Waals surface area (Å²) in [6, 6.07) is 13.0. The second-order valence-corrected chi connectivity index (χ2v) is 5.60. The Kier molecular flexibility index (Phi) is 4.79. The molecule has 2 rings (SSSR count). The largest absolute Gasteiger partial charge is 0.378 e. The zero-order valence-electron chi connectivity index (χ0n) is 11.0. The summed E-state index contributed by atoms with van der Waals surface area (Å²) in [7, 11) is 4.13. The summed E-state index contributed by atoms with van der Waals surface area (Å²) in [5, 5.41) is 5.62. The summed E-state index contributed by atoms with van der Waals surface area (Å²) < 4.78 is 0. The highest BCUT2D eigenvalue weighted by atomic mass is 32.1. The van der Waals surface area contributed by atoms with Crippen LogP contribution in [0.3, 0.4) is 0 Å². The fourth-order valence-electron chi connectivity index (χ4n) is 1.81. The molecule has 0 saturated carbocycles. The smallest absolute Gasteiger partial charge is 0.0361 e. The number of anilines is 1. The number of nitrogens with one attached hydrogen (secondary N) is 1. The van der Waals surface area contributed by atoms with Gasteiger partial charge < -0.3 is 10.2 Å². The van der Waals surface area contributed by atoms with Gasteiger partial charge in [-0.05, 0) is 35.6 Å². The maximum Gasteiger partial charge on any atom is 0.0361 e. The van der Waals surface area contributed by atoms with Crippen molar-refractivity contribution in [1.82, 2.24) is 5.32 Å². The summed E-state index contributed by atoms with van der Waals surface area (Å²) in [5.74, 6) is 0. The molecule has 0 spiro atoms. The Morgan fingerprint density at radius 1 is 1.11 bits per heavy atom. The van der Waals surface area contributed by atoms with E-state index in [0.29, 0.717) is 0 Å². The molecule has 1 aromatic carbocycles. The number of thiophene rings is 1. The average Bonchev–Trinajstić information content (AvgIpc) is 2.88. The average molecular weight is 260 g/mol. The van der Waals surface area contributed by atoms with Gasteiger partial charge >= 0.3 is 0 Å². The summed E-state index contributed by atoms with van der Waals surface area (Å²) in [5.41, 5.74) is 2.59. The Bertz CT molecular complexity index is 446. The van der Waals surface area contributed by atoms with Crippen molar-refractivity contribution in [2.75, 3.05) is 25.5 Å². The lowest BCUT2D eigenvalue weighted by atomic mass is 10.2. The first kappa shape index (κ1) is 13.1. The number of hydrogen-bond acceptors (Lipinski definition) is 3. The van der Waals surface area contributed by atoms with Crippen LogP contribution in [0, 0.1) is 0 Å².